The number of unbranched alkanes of at least 4 members (excludes halogenated alkanes) is 2. The fraction of sp³-hybridized carbons (Fsp3) is 0.500. The van der Waals surface area contributed by atoms with Gasteiger partial charge in [-0.3, -0.25) is 14.9 Å². The van der Waals surface area contributed by atoms with Crippen LogP contribution in [-0.2, 0) is 20.8 Å². The number of aliphatic hydroxyl groups is 1. The Kier molecular flexibility index (Phi) is 5.03. The largest absolute Gasteiger partial charge is 0.356 e. The summed E-state index contributed by atoms with van der Waals surface area (Å²) in [7, 11) is 1.78. The number of carbonyl (C=O) groups excluding carboxylic acids is 3. The number of nitrogens with zero attached hydrogens (tertiary/aromatic N) is 2. The number of aldehydes is 1. The summed E-state index contributed by atoms with van der Waals surface area (Å²) in [5, 5.41) is 12.9. The maximum atomic E-state index is 12.2. The summed E-state index contributed by atoms with van der Waals surface area (Å²) < 4.78 is 0. The van der Waals surface area contributed by atoms with E-state index in [0.717, 1.165) is 42.5 Å². The molecule has 3 rings (SSSR count). The fourth-order valence-electron chi connectivity index (χ4n) is 3.49. The highest BCUT2D eigenvalue weighted by molar-refractivity contribution is 6.02. The predicted molar refractivity (Wildman–Crippen MR) is 93.1 cm³/mol. The van der Waals surface area contributed by atoms with Gasteiger partial charge in [0, 0.05) is 19.9 Å². The molecule has 2 aliphatic heterocycles. The molecule has 0 bridgehead atoms. The predicted octanol–water partition coefficient (Wildman–Crippen LogP) is 0.936. The normalized spacial score (nSPS) is 22.8. The van der Waals surface area contributed by atoms with Crippen LogP contribution >= 0.6 is 0 Å². The minimum Gasteiger partial charge on any atom is -0.356 e. The topological polar surface area (TPSA) is 90.0 Å². The Bertz CT molecular complexity index is 691. The van der Waals surface area contributed by atoms with E-state index in [1.165, 1.54) is 0 Å². The molecule has 1 aromatic carbocycles. The Morgan fingerprint density at radius 1 is 1.28 bits per heavy atom. The molecule has 0 spiro atoms. The molecule has 2 atom stereocenters. The zero-order chi connectivity index (χ0) is 18.0. The molecule has 1 saturated heterocycles. The van der Waals surface area contributed by atoms with E-state index in [9.17, 15) is 19.5 Å². The van der Waals surface area contributed by atoms with Crippen LogP contribution in [0.1, 0.15) is 37.7 Å². The lowest BCUT2D eigenvalue weighted by molar-refractivity contribution is -0.134. The number of carbonyl (C=O) groups is 3. The molecule has 0 radical (unpaired) electrons. The third-order valence-corrected chi connectivity index (χ3v) is 4.88. The molecule has 2 amide bonds. The second-order valence-electron chi connectivity index (χ2n) is 6.57. The molecule has 2 N–H and O–H groups in total. The van der Waals surface area contributed by atoms with Crippen LogP contribution in [0.5, 0.6) is 0 Å². The molecule has 0 aromatic heterocycles. The zero-order valence-electron chi connectivity index (χ0n) is 14.3. The van der Waals surface area contributed by atoms with Gasteiger partial charge in [-0.2, -0.15) is 0 Å². The van der Waals surface area contributed by atoms with E-state index in [-0.39, 0.29) is 18.2 Å². The number of hydrogen-bond donors (Lipinski definition) is 2. The third-order valence-electron chi connectivity index (χ3n) is 4.88. The number of rotatable bonds is 6. The van der Waals surface area contributed by atoms with Crippen molar-refractivity contribution in [1.29, 1.82) is 0 Å². The number of nitrogens with one attached hydrogen (secondary N) is 1. The molecule has 134 valence electrons. The second-order valence-corrected chi connectivity index (χ2v) is 6.57. The lowest BCUT2D eigenvalue weighted by Crippen LogP contribution is -2.56. The Morgan fingerprint density at radius 2 is 2.08 bits per heavy atom. The highest BCUT2D eigenvalue weighted by atomic mass is 16.3. The van der Waals surface area contributed by atoms with Crippen molar-refractivity contribution in [2.24, 2.45) is 0 Å². The van der Waals surface area contributed by atoms with Crippen LogP contribution in [0.15, 0.2) is 18.2 Å². The van der Waals surface area contributed by atoms with Gasteiger partial charge >= 0.3 is 0 Å². The SMILES string of the molecule is CN1c2cc(CCCCC=O)ccc2N(C2CCC(=O)NC2=O)C1O. The van der Waals surface area contributed by atoms with Gasteiger partial charge in [0.2, 0.25) is 18.2 Å². The van der Waals surface area contributed by atoms with Crippen LogP contribution < -0.4 is 15.1 Å². The number of aliphatic hydroxyl groups excluding tert-OH is 1. The van der Waals surface area contributed by atoms with Gasteiger partial charge in [-0.15, -0.1) is 0 Å². The fourth-order valence-corrected chi connectivity index (χ4v) is 3.49. The van der Waals surface area contributed by atoms with Crippen LogP contribution in [0.4, 0.5) is 11.4 Å². The molecule has 0 saturated carbocycles. The number of anilines is 2. The molecular weight excluding hydrogens is 322 g/mol. The quantitative estimate of drug-likeness (QED) is 0.453. The zero-order valence-corrected chi connectivity index (χ0v) is 14.3. The number of benzene rings is 1. The Balaban J connectivity index is 1.80. The van der Waals surface area contributed by atoms with Crippen molar-refractivity contribution in [2.75, 3.05) is 16.8 Å². The number of aryl methyl sites for hydroxylation is 1. The summed E-state index contributed by atoms with van der Waals surface area (Å²) in [6.07, 6.45) is 3.89. The molecule has 2 unspecified atom stereocenters. The van der Waals surface area contributed by atoms with Crippen molar-refractivity contribution >= 4 is 29.5 Å². The number of hydrogen-bond acceptors (Lipinski definition) is 6. The van der Waals surface area contributed by atoms with E-state index in [0.29, 0.717) is 12.8 Å². The molecule has 25 heavy (non-hydrogen) atoms. The van der Waals surface area contributed by atoms with Crippen LogP contribution in [0, 0.1) is 0 Å². The van der Waals surface area contributed by atoms with Crippen molar-refractivity contribution in [3.05, 3.63) is 23.8 Å². The van der Waals surface area contributed by atoms with Crippen LogP contribution in [0.2, 0.25) is 0 Å². The summed E-state index contributed by atoms with van der Waals surface area (Å²) >= 11 is 0. The van der Waals surface area contributed by atoms with Crippen molar-refractivity contribution in [3.63, 3.8) is 0 Å². The van der Waals surface area contributed by atoms with Gasteiger partial charge in [0.05, 0.1) is 11.4 Å². The molecule has 2 heterocycles. The maximum absolute atomic E-state index is 12.2. The molecule has 7 nitrogen and oxygen atoms in total. The van der Waals surface area contributed by atoms with Crippen molar-refractivity contribution < 1.29 is 19.5 Å². The smallest absolute Gasteiger partial charge is 0.249 e. The van der Waals surface area contributed by atoms with Crippen LogP contribution in [0.3, 0.4) is 0 Å². The van der Waals surface area contributed by atoms with Gasteiger partial charge in [-0.25, -0.2) is 0 Å². The maximum Gasteiger partial charge on any atom is 0.249 e. The third kappa shape index (κ3) is 3.37. The number of fused-ring (bicyclic) bond motifs is 1. The second kappa shape index (κ2) is 7.23. The van der Waals surface area contributed by atoms with E-state index < -0.39 is 12.4 Å². The Morgan fingerprint density at radius 3 is 2.80 bits per heavy atom. The van der Waals surface area contributed by atoms with Gasteiger partial charge in [0.25, 0.3) is 0 Å². The van der Waals surface area contributed by atoms with Gasteiger partial charge in [-0.05, 0) is 43.4 Å². The Hall–Kier alpha value is -2.41. The highest BCUT2D eigenvalue weighted by Gasteiger charge is 2.41. The molecule has 1 fully saturated rings. The van der Waals surface area contributed by atoms with Crippen molar-refractivity contribution in [2.45, 2.75) is 50.9 Å². The average Bonchev–Trinajstić information content (AvgIpc) is 2.83. The molecular formula is C18H23N3O4. The van der Waals surface area contributed by atoms with Crippen molar-refractivity contribution in [3.8, 4) is 0 Å². The van der Waals surface area contributed by atoms with E-state index >= 15 is 0 Å². The van der Waals surface area contributed by atoms with Crippen LogP contribution in [-0.4, -0.2) is 42.6 Å². The molecule has 7 heteroatoms. The first-order chi connectivity index (χ1) is 12.0. The van der Waals surface area contributed by atoms with E-state index in [2.05, 4.69) is 5.32 Å². The van der Waals surface area contributed by atoms with Gasteiger partial charge in [0.1, 0.15) is 12.3 Å². The van der Waals surface area contributed by atoms with Gasteiger partial charge in [0.15, 0.2) is 0 Å². The summed E-state index contributed by atoms with van der Waals surface area (Å²) in [4.78, 5) is 37.4. The van der Waals surface area contributed by atoms with Gasteiger partial charge in [-0.1, -0.05) is 6.07 Å². The monoisotopic (exact) mass is 345 g/mol. The van der Waals surface area contributed by atoms with Gasteiger partial charge < -0.3 is 19.7 Å². The molecule has 0 aliphatic carbocycles. The minimum absolute atomic E-state index is 0.269. The van der Waals surface area contributed by atoms with Crippen LogP contribution in [0.25, 0.3) is 0 Å². The summed E-state index contributed by atoms with van der Waals surface area (Å²) in [6.45, 7) is 0. The standard InChI is InChI=1S/C18H23N3O4/c1-20-15-11-12(5-3-2-4-10-22)6-7-13(15)21(18(20)25)14-8-9-16(23)19-17(14)24/h6-7,10-11,14,18,25H,2-5,8-9H2,1H3,(H,19,23,24). The first-order valence-electron chi connectivity index (χ1n) is 8.62. The molecule has 2 aliphatic rings. The number of imide groups is 1. The van der Waals surface area contributed by atoms with E-state index in [1.54, 1.807) is 16.8 Å². The summed E-state index contributed by atoms with van der Waals surface area (Å²) in [6, 6.07) is 5.37. The lowest BCUT2D eigenvalue weighted by atomic mass is 10.0. The van der Waals surface area contributed by atoms with E-state index in [4.69, 9.17) is 0 Å². The Labute approximate surface area is 146 Å². The lowest BCUT2D eigenvalue weighted by Gasteiger charge is -2.34. The average molecular weight is 345 g/mol. The summed E-state index contributed by atoms with van der Waals surface area (Å²) in [5.41, 5.74) is 2.79. The first kappa shape index (κ1) is 17.4. The number of amides is 2. The van der Waals surface area contributed by atoms with Crippen molar-refractivity contribution in [1.82, 2.24) is 5.32 Å². The summed E-state index contributed by atoms with van der Waals surface area (Å²) in [5.74, 6) is -0.635. The minimum atomic E-state index is -0.940. The molecule has 1 aromatic rings. The van der Waals surface area contributed by atoms with E-state index in [1.807, 2.05) is 18.2 Å². The first-order valence-corrected chi connectivity index (χ1v) is 8.62. The highest BCUT2D eigenvalue weighted by Crippen LogP contribution is 2.41. The number of piperidine rings is 1.